The summed E-state index contributed by atoms with van der Waals surface area (Å²) >= 11 is 0. The van der Waals surface area contributed by atoms with Crippen molar-refractivity contribution < 1.29 is 15.0 Å². The Kier molecular flexibility index (Phi) is 3.68. The largest absolute Gasteiger partial charge is 0.508 e. The predicted octanol–water partition coefficient (Wildman–Crippen LogP) is 1.30. The third-order valence-corrected chi connectivity index (χ3v) is 2.47. The Morgan fingerprint density at radius 2 is 1.93 bits per heavy atom. The monoisotopic (exact) mass is 209 g/mol. The SMILES string of the molecule is CC(c1ccc(O)cc1)C(N)CC(=O)O. The van der Waals surface area contributed by atoms with E-state index < -0.39 is 12.0 Å². The van der Waals surface area contributed by atoms with Gasteiger partial charge in [0.05, 0.1) is 6.42 Å². The molecule has 0 saturated heterocycles. The molecule has 0 saturated carbocycles. The molecule has 0 aliphatic carbocycles. The highest BCUT2D eigenvalue weighted by Crippen LogP contribution is 2.21. The minimum absolute atomic E-state index is 0.0401. The summed E-state index contributed by atoms with van der Waals surface area (Å²) in [7, 11) is 0. The summed E-state index contributed by atoms with van der Waals surface area (Å²) in [6.07, 6.45) is -0.0535. The highest BCUT2D eigenvalue weighted by atomic mass is 16.4. The highest BCUT2D eigenvalue weighted by molar-refractivity contribution is 5.67. The molecule has 4 nitrogen and oxygen atoms in total. The average Bonchev–Trinajstić information content (AvgIpc) is 2.17. The number of benzene rings is 1. The van der Waals surface area contributed by atoms with Gasteiger partial charge in [-0.15, -0.1) is 0 Å². The first-order valence-corrected chi connectivity index (χ1v) is 4.77. The zero-order valence-electron chi connectivity index (χ0n) is 8.55. The van der Waals surface area contributed by atoms with Crippen LogP contribution in [0.2, 0.25) is 0 Å². The van der Waals surface area contributed by atoms with Gasteiger partial charge in [-0.25, -0.2) is 0 Å². The molecule has 0 aliphatic heterocycles. The van der Waals surface area contributed by atoms with Gasteiger partial charge in [-0.1, -0.05) is 19.1 Å². The fourth-order valence-electron chi connectivity index (χ4n) is 1.40. The fraction of sp³-hybridized carbons (Fsp3) is 0.364. The van der Waals surface area contributed by atoms with E-state index in [1.807, 2.05) is 6.92 Å². The zero-order valence-corrected chi connectivity index (χ0v) is 8.55. The molecule has 0 aliphatic rings. The fourth-order valence-corrected chi connectivity index (χ4v) is 1.40. The molecule has 0 bridgehead atoms. The second-order valence-electron chi connectivity index (χ2n) is 3.64. The van der Waals surface area contributed by atoms with Crippen molar-refractivity contribution in [2.75, 3.05) is 0 Å². The number of carboxylic acid groups (broad SMARTS) is 1. The molecule has 0 spiro atoms. The lowest BCUT2D eigenvalue weighted by Gasteiger charge is -2.18. The van der Waals surface area contributed by atoms with Crippen molar-refractivity contribution in [3.8, 4) is 5.75 Å². The van der Waals surface area contributed by atoms with Crippen molar-refractivity contribution >= 4 is 5.97 Å². The minimum Gasteiger partial charge on any atom is -0.508 e. The van der Waals surface area contributed by atoms with Crippen LogP contribution in [0.4, 0.5) is 0 Å². The van der Waals surface area contributed by atoms with Crippen LogP contribution in [-0.2, 0) is 4.79 Å². The molecule has 0 amide bonds. The van der Waals surface area contributed by atoms with Crippen LogP contribution in [0.3, 0.4) is 0 Å². The van der Waals surface area contributed by atoms with Crippen molar-refractivity contribution in [1.29, 1.82) is 0 Å². The first-order chi connectivity index (χ1) is 7.00. The molecule has 2 unspecified atom stereocenters. The molecule has 4 N–H and O–H groups in total. The van der Waals surface area contributed by atoms with Crippen LogP contribution in [0.1, 0.15) is 24.8 Å². The Bertz CT molecular complexity index is 334. The van der Waals surface area contributed by atoms with Gasteiger partial charge in [-0.2, -0.15) is 0 Å². The van der Waals surface area contributed by atoms with Gasteiger partial charge in [0.25, 0.3) is 0 Å². The molecule has 0 aromatic heterocycles. The Labute approximate surface area is 88.3 Å². The highest BCUT2D eigenvalue weighted by Gasteiger charge is 2.17. The zero-order chi connectivity index (χ0) is 11.4. The summed E-state index contributed by atoms with van der Waals surface area (Å²) in [5.41, 5.74) is 6.68. The topological polar surface area (TPSA) is 83.5 Å². The van der Waals surface area contributed by atoms with Crippen LogP contribution in [0.15, 0.2) is 24.3 Å². The van der Waals surface area contributed by atoms with Crippen LogP contribution in [0.25, 0.3) is 0 Å². The Hall–Kier alpha value is -1.55. The molecule has 1 rings (SSSR count). The molecule has 15 heavy (non-hydrogen) atoms. The van der Waals surface area contributed by atoms with E-state index in [9.17, 15) is 4.79 Å². The molecular weight excluding hydrogens is 194 g/mol. The lowest BCUT2D eigenvalue weighted by atomic mass is 9.92. The molecule has 82 valence electrons. The van der Waals surface area contributed by atoms with E-state index in [-0.39, 0.29) is 18.1 Å². The van der Waals surface area contributed by atoms with E-state index in [1.54, 1.807) is 24.3 Å². The van der Waals surface area contributed by atoms with Gasteiger partial charge in [0.1, 0.15) is 5.75 Å². The van der Waals surface area contributed by atoms with E-state index in [4.69, 9.17) is 15.9 Å². The standard InChI is InChI=1S/C11H15NO3/c1-7(10(12)6-11(14)15)8-2-4-9(13)5-3-8/h2-5,7,10,13H,6,12H2,1H3,(H,14,15). The van der Waals surface area contributed by atoms with E-state index in [0.29, 0.717) is 0 Å². The summed E-state index contributed by atoms with van der Waals surface area (Å²) < 4.78 is 0. The van der Waals surface area contributed by atoms with Crippen LogP contribution in [0.5, 0.6) is 5.75 Å². The predicted molar refractivity (Wildman–Crippen MR) is 56.8 cm³/mol. The van der Waals surface area contributed by atoms with Gasteiger partial charge in [0, 0.05) is 6.04 Å². The summed E-state index contributed by atoms with van der Waals surface area (Å²) in [6.45, 7) is 1.87. The summed E-state index contributed by atoms with van der Waals surface area (Å²) in [5.74, 6) is -0.743. The van der Waals surface area contributed by atoms with Crippen molar-refractivity contribution in [3.63, 3.8) is 0 Å². The average molecular weight is 209 g/mol. The van der Waals surface area contributed by atoms with Gasteiger partial charge >= 0.3 is 5.97 Å². The number of hydrogen-bond acceptors (Lipinski definition) is 3. The first-order valence-electron chi connectivity index (χ1n) is 4.77. The Balaban J connectivity index is 2.71. The van der Waals surface area contributed by atoms with E-state index in [1.165, 1.54) is 0 Å². The molecule has 2 atom stereocenters. The first kappa shape index (κ1) is 11.5. The van der Waals surface area contributed by atoms with Crippen molar-refractivity contribution in [3.05, 3.63) is 29.8 Å². The maximum Gasteiger partial charge on any atom is 0.304 e. The van der Waals surface area contributed by atoms with Gasteiger partial charge in [0.2, 0.25) is 0 Å². The minimum atomic E-state index is -0.895. The number of hydrogen-bond donors (Lipinski definition) is 3. The molecule has 0 heterocycles. The lowest BCUT2D eigenvalue weighted by molar-refractivity contribution is -0.137. The van der Waals surface area contributed by atoms with Crippen molar-refractivity contribution in [1.82, 2.24) is 0 Å². The molecule has 0 fully saturated rings. The van der Waals surface area contributed by atoms with Crippen LogP contribution < -0.4 is 5.73 Å². The third kappa shape index (κ3) is 3.25. The van der Waals surface area contributed by atoms with Crippen molar-refractivity contribution in [2.45, 2.75) is 25.3 Å². The summed E-state index contributed by atoms with van der Waals surface area (Å²) in [5, 5.41) is 17.7. The quantitative estimate of drug-likeness (QED) is 0.697. The third-order valence-electron chi connectivity index (χ3n) is 2.47. The second kappa shape index (κ2) is 4.79. The number of carbonyl (C=O) groups is 1. The number of carboxylic acids is 1. The van der Waals surface area contributed by atoms with E-state index in [2.05, 4.69) is 0 Å². The molecule has 0 radical (unpaired) electrons. The van der Waals surface area contributed by atoms with Crippen LogP contribution in [0, 0.1) is 0 Å². The van der Waals surface area contributed by atoms with Gasteiger partial charge in [-0.3, -0.25) is 4.79 Å². The van der Waals surface area contributed by atoms with Gasteiger partial charge in [-0.05, 0) is 23.6 Å². The summed E-state index contributed by atoms with van der Waals surface area (Å²) in [4.78, 5) is 10.5. The smallest absolute Gasteiger partial charge is 0.304 e. The normalized spacial score (nSPS) is 14.5. The maximum atomic E-state index is 10.5. The molecule has 1 aromatic rings. The van der Waals surface area contributed by atoms with Gasteiger partial charge < -0.3 is 15.9 Å². The number of phenolic OH excluding ortho intramolecular Hbond substituents is 1. The van der Waals surface area contributed by atoms with Crippen LogP contribution in [-0.4, -0.2) is 22.2 Å². The number of rotatable bonds is 4. The van der Waals surface area contributed by atoms with Crippen LogP contribution >= 0.6 is 0 Å². The molecular formula is C11H15NO3. The maximum absolute atomic E-state index is 10.5. The number of phenols is 1. The Morgan fingerprint density at radius 3 is 2.40 bits per heavy atom. The summed E-state index contributed by atoms with van der Waals surface area (Å²) in [6, 6.07) is 6.23. The van der Waals surface area contributed by atoms with E-state index in [0.717, 1.165) is 5.56 Å². The van der Waals surface area contributed by atoms with Crippen molar-refractivity contribution in [2.24, 2.45) is 5.73 Å². The number of nitrogens with two attached hydrogens (primary N) is 1. The van der Waals surface area contributed by atoms with E-state index >= 15 is 0 Å². The number of aromatic hydroxyl groups is 1. The molecule has 1 aromatic carbocycles. The van der Waals surface area contributed by atoms with Gasteiger partial charge in [0.15, 0.2) is 0 Å². The second-order valence-corrected chi connectivity index (χ2v) is 3.64. The lowest BCUT2D eigenvalue weighted by Crippen LogP contribution is -2.29. The number of aliphatic carboxylic acids is 1. The molecule has 4 heteroatoms. The Morgan fingerprint density at radius 1 is 1.40 bits per heavy atom.